The van der Waals surface area contributed by atoms with Crippen molar-refractivity contribution in [1.82, 2.24) is 0 Å². The molecule has 1 heterocycles. The lowest BCUT2D eigenvalue weighted by atomic mass is 9.86. The molecule has 4 heteroatoms. The Morgan fingerprint density at radius 1 is 1.29 bits per heavy atom. The van der Waals surface area contributed by atoms with Gasteiger partial charge in [-0.2, -0.15) is 0 Å². The molecule has 0 saturated heterocycles. The first-order chi connectivity index (χ1) is 7.79. The van der Waals surface area contributed by atoms with E-state index in [0.29, 0.717) is 15.8 Å². The summed E-state index contributed by atoms with van der Waals surface area (Å²) in [5, 5.41) is 0.728. The second-order valence-corrected chi connectivity index (χ2v) is 6.15. The first kappa shape index (κ1) is 12.6. The van der Waals surface area contributed by atoms with Crippen LogP contribution >= 0.6 is 15.9 Å². The molecule has 1 atom stereocenters. The standard InChI is InChI=1S/C13H15BrFNO/c1-13(2,3)12(16)10-5-7-4-8(15)6-9(14)11(7)17-10/h4-6,12H,16H2,1-3H3. The molecular weight excluding hydrogens is 285 g/mol. The van der Waals surface area contributed by atoms with Crippen LogP contribution in [0, 0.1) is 11.2 Å². The molecule has 2 rings (SSSR count). The lowest BCUT2D eigenvalue weighted by Gasteiger charge is -2.24. The molecule has 1 unspecified atom stereocenters. The van der Waals surface area contributed by atoms with E-state index in [4.69, 9.17) is 10.2 Å². The Kier molecular flexibility index (Phi) is 3.04. The summed E-state index contributed by atoms with van der Waals surface area (Å²) in [7, 11) is 0. The normalized spacial score (nSPS) is 14.2. The number of hydrogen-bond acceptors (Lipinski definition) is 2. The zero-order valence-corrected chi connectivity index (χ0v) is 11.6. The Bertz CT molecular complexity index is 556. The molecule has 1 aromatic carbocycles. The molecule has 2 N–H and O–H groups in total. The van der Waals surface area contributed by atoms with Gasteiger partial charge in [0.2, 0.25) is 0 Å². The van der Waals surface area contributed by atoms with Crippen molar-refractivity contribution in [2.75, 3.05) is 0 Å². The number of rotatable bonds is 1. The molecule has 0 aliphatic heterocycles. The van der Waals surface area contributed by atoms with E-state index in [1.165, 1.54) is 12.1 Å². The number of benzene rings is 1. The first-order valence-corrected chi connectivity index (χ1v) is 6.22. The lowest BCUT2D eigenvalue weighted by Crippen LogP contribution is -2.25. The maximum absolute atomic E-state index is 13.2. The number of hydrogen-bond donors (Lipinski definition) is 1. The van der Waals surface area contributed by atoms with Gasteiger partial charge in [-0.05, 0) is 39.5 Å². The van der Waals surface area contributed by atoms with Crippen molar-refractivity contribution in [2.24, 2.45) is 11.1 Å². The van der Waals surface area contributed by atoms with Gasteiger partial charge in [0.05, 0.1) is 10.5 Å². The average Bonchev–Trinajstić information content (AvgIpc) is 2.58. The van der Waals surface area contributed by atoms with Gasteiger partial charge >= 0.3 is 0 Å². The molecule has 17 heavy (non-hydrogen) atoms. The Morgan fingerprint density at radius 3 is 2.53 bits per heavy atom. The Balaban J connectivity index is 2.56. The van der Waals surface area contributed by atoms with Gasteiger partial charge in [0.25, 0.3) is 0 Å². The van der Waals surface area contributed by atoms with Crippen LogP contribution in [0.2, 0.25) is 0 Å². The van der Waals surface area contributed by atoms with Crippen LogP contribution in [0.5, 0.6) is 0 Å². The van der Waals surface area contributed by atoms with E-state index in [1.807, 2.05) is 20.8 Å². The Labute approximate surface area is 108 Å². The van der Waals surface area contributed by atoms with E-state index in [0.717, 1.165) is 5.39 Å². The highest BCUT2D eigenvalue weighted by molar-refractivity contribution is 9.10. The summed E-state index contributed by atoms with van der Waals surface area (Å²) in [5.74, 6) is 0.389. The van der Waals surface area contributed by atoms with Crippen LogP contribution < -0.4 is 5.73 Å². The molecule has 92 valence electrons. The third kappa shape index (κ3) is 2.38. The van der Waals surface area contributed by atoms with E-state index in [9.17, 15) is 4.39 Å². The molecule has 0 aliphatic carbocycles. The third-order valence-corrected chi connectivity index (χ3v) is 3.38. The van der Waals surface area contributed by atoms with Crippen molar-refractivity contribution in [3.8, 4) is 0 Å². The minimum absolute atomic E-state index is 0.0983. The van der Waals surface area contributed by atoms with E-state index in [-0.39, 0.29) is 17.3 Å². The Hall–Kier alpha value is -0.870. The highest BCUT2D eigenvalue weighted by Gasteiger charge is 2.25. The minimum Gasteiger partial charge on any atom is -0.458 e. The summed E-state index contributed by atoms with van der Waals surface area (Å²) >= 11 is 3.29. The maximum Gasteiger partial charge on any atom is 0.148 e. The maximum atomic E-state index is 13.2. The van der Waals surface area contributed by atoms with Crippen LogP contribution in [0.3, 0.4) is 0 Å². The van der Waals surface area contributed by atoms with Gasteiger partial charge in [-0.25, -0.2) is 4.39 Å². The van der Waals surface area contributed by atoms with Crippen molar-refractivity contribution in [3.05, 3.63) is 34.2 Å². The van der Waals surface area contributed by atoms with Crippen LogP contribution in [-0.4, -0.2) is 0 Å². The molecule has 0 fully saturated rings. The first-order valence-electron chi connectivity index (χ1n) is 5.43. The number of fused-ring (bicyclic) bond motifs is 1. The molecule has 1 aromatic heterocycles. The average molecular weight is 300 g/mol. The minimum atomic E-state index is -0.291. The van der Waals surface area contributed by atoms with Gasteiger partial charge in [0, 0.05) is 5.39 Å². The molecule has 0 spiro atoms. The third-order valence-electron chi connectivity index (χ3n) is 2.79. The Morgan fingerprint density at radius 2 is 1.94 bits per heavy atom. The predicted molar refractivity (Wildman–Crippen MR) is 70.3 cm³/mol. The van der Waals surface area contributed by atoms with Gasteiger partial charge in [0.15, 0.2) is 0 Å². The van der Waals surface area contributed by atoms with E-state index in [1.54, 1.807) is 6.07 Å². The molecule has 0 aliphatic rings. The van der Waals surface area contributed by atoms with Crippen molar-refractivity contribution >= 4 is 26.9 Å². The summed E-state index contributed by atoms with van der Waals surface area (Å²) in [5.41, 5.74) is 6.66. The van der Waals surface area contributed by atoms with Gasteiger partial charge in [-0.1, -0.05) is 20.8 Å². The number of furan rings is 1. The van der Waals surface area contributed by atoms with Crippen LogP contribution in [-0.2, 0) is 0 Å². The second-order valence-electron chi connectivity index (χ2n) is 5.30. The predicted octanol–water partition coefficient (Wildman–Crippen LogP) is 4.38. The zero-order valence-electron chi connectivity index (χ0n) is 10.1. The van der Waals surface area contributed by atoms with Crippen LogP contribution in [0.1, 0.15) is 32.6 Å². The SMILES string of the molecule is CC(C)(C)C(N)c1cc2cc(F)cc(Br)c2o1. The summed E-state index contributed by atoms with van der Waals surface area (Å²) in [6, 6.07) is 4.42. The smallest absolute Gasteiger partial charge is 0.148 e. The topological polar surface area (TPSA) is 39.2 Å². The fraction of sp³-hybridized carbons (Fsp3) is 0.385. The zero-order chi connectivity index (χ0) is 12.8. The lowest BCUT2D eigenvalue weighted by molar-refractivity contribution is 0.290. The van der Waals surface area contributed by atoms with Crippen LogP contribution in [0.25, 0.3) is 11.0 Å². The van der Waals surface area contributed by atoms with Gasteiger partial charge in [-0.15, -0.1) is 0 Å². The van der Waals surface area contributed by atoms with E-state index in [2.05, 4.69) is 15.9 Å². The van der Waals surface area contributed by atoms with Gasteiger partial charge < -0.3 is 10.2 Å². The highest BCUT2D eigenvalue weighted by atomic mass is 79.9. The highest BCUT2D eigenvalue weighted by Crippen LogP contribution is 2.36. The van der Waals surface area contributed by atoms with Crippen molar-refractivity contribution < 1.29 is 8.81 Å². The summed E-state index contributed by atoms with van der Waals surface area (Å²) in [4.78, 5) is 0. The quantitative estimate of drug-likeness (QED) is 0.849. The molecule has 0 bridgehead atoms. The largest absolute Gasteiger partial charge is 0.458 e. The van der Waals surface area contributed by atoms with Crippen LogP contribution in [0.15, 0.2) is 27.1 Å². The molecule has 2 nitrogen and oxygen atoms in total. The monoisotopic (exact) mass is 299 g/mol. The molecular formula is C13H15BrFNO. The number of halogens is 2. The van der Waals surface area contributed by atoms with Crippen molar-refractivity contribution in [2.45, 2.75) is 26.8 Å². The van der Waals surface area contributed by atoms with Crippen molar-refractivity contribution in [3.63, 3.8) is 0 Å². The fourth-order valence-corrected chi connectivity index (χ4v) is 2.20. The molecule has 0 amide bonds. The molecule has 0 radical (unpaired) electrons. The fourth-order valence-electron chi connectivity index (χ4n) is 1.68. The van der Waals surface area contributed by atoms with E-state index >= 15 is 0 Å². The van der Waals surface area contributed by atoms with Crippen molar-refractivity contribution in [1.29, 1.82) is 0 Å². The summed E-state index contributed by atoms with van der Waals surface area (Å²) in [6.07, 6.45) is 0. The van der Waals surface area contributed by atoms with E-state index < -0.39 is 0 Å². The molecule has 0 saturated carbocycles. The van der Waals surface area contributed by atoms with Gasteiger partial charge in [0.1, 0.15) is 17.2 Å². The summed E-state index contributed by atoms with van der Waals surface area (Å²) in [6.45, 7) is 6.13. The summed E-state index contributed by atoms with van der Waals surface area (Å²) < 4.78 is 19.6. The number of nitrogens with two attached hydrogens (primary N) is 1. The second kappa shape index (κ2) is 4.10. The van der Waals surface area contributed by atoms with Gasteiger partial charge in [-0.3, -0.25) is 0 Å². The molecule has 2 aromatic rings. The van der Waals surface area contributed by atoms with Crippen LogP contribution in [0.4, 0.5) is 4.39 Å².